The van der Waals surface area contributed by atoms with Crippen molar-refractivity contribution in [1.29, 1.82) is 5.26 Å². The first-order valence-electron chi connectivity index (χ1n) is 4.10. The van der Waals surface area contributed by atoms with Crippen LogP contribution in [-0.2, 0) is 0 Å². The summed E-state index contributed by atoms with van der Waals surface area (Å²) in [7, 11) is 0. The van der Waals surface area contributed by atoms with E-state index in [0.29, 0.717) is 6.54 Å². The van der Waals surface area contributed by atoms with Gasteiger partial charge < -0.3 is 0 Å². The lowest BCUT2D eigenvalue weighted by atomic mass is 10.1. The zero-order chi connectivity index (χ0) is 9.68. The van der Waals surface area contributed by atoms with E-state index in [1.807, 2.05) is 37.3 Å². The van der Waals surface area contributed by atoms with Crippen molar-refractivity contribution >= 4 is 11.6 Å². The van der Waals surface area contributed by atoms with Crippen LogP contribution in [0.1, 0.15) is 18.5 Å². The fourth-order valence-corrected chi connectivity index (χ4v) is 1.43. The summed E-state index contributed by atoms with van der Waals surface area (Å²) in [4.78, 5) is 0. The molecule has 68 valence electrons. The molecule has 0 aliphatic carbocycles. The van der Waals surface area contributed by atoms with Crippen LogP contribution in [0.2, 0.25) is 5.02 Å². The fraction of sp³-hybridized carbons (Fsp3) is 0.300. The number of rotatable bonds is 3. The topological polar surface area (TPSA) is 35.8 Å². The van der Waals surface area contributed by atoms with Crippen LogP contribution >= 0.6 is 11.6 Å². The second kappa shape index (κ2) is 4.86. The van der Waals surface area contributed by atoms with Crippen molar-refractivity contribution in [3.8, 4) is 6.07 Å². The van der Waals surface area contributed by atoms with Crippen molar-refractivity contribution < 1.29 is 0 Å². The molecule has 1 aromatic carbocycles. The van der Waals surface area contributed by atoms with Crippen LogP contribution in [0.4, 0.5) is 0 Å². The lowest BCUT2D eigenvalue weighted by Crippen LogP contribution is -2.18. The highest BCUT2D eigenvalue weighted by Crippen LogP contribution is 2.21. The van der Waals surface area contributed by atoms with Gasteiger partial charge in [0.15, 0.2) is 0 Å². The van der Waals surface area contributed by atoms with Crippen LogP contribution in [-0.4, -0.2) is 6.54 Å². The third-order valence-electron chi connectivity index (χ3n) is 1.86. The molecule has 0 amide bonds. The van der Waals surface area contributed by atoms with Crippen LogP contribution in [0.25, 0.3) is 0 Å². The molecule has 1 N–H and O–H groups in total. The van der Waals surface area contributed by atoms with E-state index in [0.717, 1.165) is 10.6 Å². The van der Waals surface area contributed by atoms with Gasteiger partial charge in [0.25, 0.3) is 0 Å². The molecule has 0 aliphatic rings. The van der Waals surface area contributed by atoms with E-state index in [-0.39, 0.29) is 6.04 Å². The van der Waals surface area contributed by atoms with Crippen LogP contribution in [0, 0.1) is 11.3 Å². The molecule has 0 aliphatic heterocycles. The maximum atomic E-state index is 8.39. The Kier molecular flexibility index (Phi) is 3.75. The molecular weight excluding hydrogens is 184 g/mol. The molecular formula is C10H11ClN2. The highest BCUT2D eigenvalue weighted by atomic mass is 35.5. The quantitative estimate of drug-likeness (QED) is 0.751. The number of nitriles is 1. The Bertz CT molecular complexity index is 317. The summed E-state index contributed by atoms with van der Waals surface area (Å²) < 4.78 is 0. The van der Waals surface area contributed by atoms with Gasteiger partial charge in [-0.1, -0.05) is 29.8 Å². The molecule has 3 heteroatoms. The molecule has 0 unspecified atom stereocenters. The van der Waals surface area contributed by atoms with Crippen molar-refractivity contribution in [2.24, 2.45) is 0 Å². The van der Waals surface area contributed by atoms with E-state index in [9.17, 15) is 0 Å². The summed E-state index contributed by atoms with van der Waals surface area (Å²) in [6.07, 6.45) is 0. The maximum absolute atomic E-state index is 8.39. The van der Waals surface area contributed by atoms with Gasteiger partial charge in [-0.15, -0.1) is 0 Å². The van der Waals surface area contributed by atoms with Gasteiger partial charge in [0.05, 0.1) is 12.6 Å². The Morgan fingerprint density at radius 2 is 2.23 bits per heavy atom. The molecule has 0 saturated carbocycles. The number of nitrogens with one attached hydrogen (secondary N) is 1. The molecule has 0 saturated heterocycles. The normalized spacial score (nSPS) is 12.1. The molecule has 1 rings (SSSR count). The zero-order valence-corrected chi connectivity index (χ0v) is 8.17. The van der Waals surface area contributed by atoms with Crippen LogP contribution in [0.15, 0.2) is 24.3 Å². The SMILES string of the molecule is C[C@@H](NCC#N)c1ccccc1Cl. The summed E-state index contributed by atoms with van der Waals surface area (Å²) in [6.45, 7) is 2.32. The van der Waals surface area contributed by atoms with Gasteiger partial charge in [0.2, 0.25) is 0 Å². The smallest absolute Gasteiger partial charge is 0.0845 e. The van der Waals surface area contributed by atoms with E-state index in [1.165, 1.54) is 0 Å². The molecule has 1 aromatic rings. The van der Waals surface area contributed by atoms with Gasteiger partial charge in [-0.3, -0.25) is 5.32 Å². The Morgan fingerprint density at radius 1 is 1.54 bits per heavy atom. The van der Waals surface area contributed by atoms with Gasteiger partial charge in [0.1, 0.15) is 0 Å². The van der Waals surface area contributed by atoms with Gasteiger partial charge in [0, 0.05) is 11.1 Å². The average molecular weight is 195 g/mol. The second-order valence-electron chi connectivity index (χ2n) is 2.78. The summed E-state index contributed by atoms with van der Waals surface area (Å²) in [5.74, 6) is 0. The van der Waals surface area contributed by atoms with E-state index in [2.05, 4.69) is 5.32 Å². The van der Waals surface area contributed by atoms with Crippen molar-refractivity contribution in [2.75, 3.05) is 6.54 Å². The molecule has 2 nitrogen and oxygen atoms in total. The molecule has 13 heavy (non-hydrogen) atoms. The molecule has 0 spiro atoms. The molecule has 0 radical (unpaired) electrons. The minimum Gasteiger partial charge on any atom is -0.298 e. The molecule has 0 fully saturated rings. The highest BCUT2D eigenvalue weighted by molar-refractivity contribution is 6.31. The average Bonchev–Trinajstić information content (AvgIpc) is 2.15. The summed E-state index contributed by atoms with van der Waals surface area (Å²) in [5.41, 5.74) is 1.03. The van der Waals surface area contributed by atoms with E-state index in [1.54, 1.807) is 0 Å². The summed E-state index contributed by atoms with van der Waals surface area (Å²) in [5, 5.41) is 12.2. The maximum Gasteiger partial charge on any atom is 0.0845 e. The summed E-state index contributed by atoms with van der Waals surface area (Å²) >= 11 is 5.98. The van der Waals surface area contributed by atoms with Gasteiger partial charge >= 0.3 is 0 Å². The van der Waals surface area contributed by atoms with Crippen LogP contribution < -0.4 is 5.32 Å². The van der Waals surface area contributed by atoms with Crippen LogP contribution in [0.5, 0.6) is 0 Å². The third kappa shape index (κ3) is 2.73. The standard InChI is InChI=1S/C10H11ClN2/c1-8(13-7-6-12)9-4-2-3-5-10(9)11/h2-5,8,13H,7H2,1H3/t8-/m1/s1. The largest absolute Gasteiger partial charge is 0.298 e. The number of hydrogen-bond acceptors (Lipinski definition) is 2. The Labute approximate surface area is 83.1 Å². The van der Waals surface area contributed by atoms with Crippen LogP contribution in [0.3, 0.4) is 0 Å². The van der Waals surface area contributed by atoms with Crippen molar-refractivity contribution in [2.45, 2.75) is 13.0 Å². The Hall–Kier alpha value is -1.04. The van der Waals surface area contributed by atoms with E-state index < -0.39 is 0 Å². The number of nitrogens with zero attached hydrogens (tertiary/aromatic N) is 1. The molecule has 0 aromatic heterocycles. The molecule has 1 atom stereocenters. The molecule has 0 bridgehead atoms. The first kappa shape index (κ1) is 10.0. The lowest BCUT2D eigenvalue weighted by molar-refractivity contribution is 0.621. The van der Waals surface area contributed by atoms with Crippen molar-refractivity contribution in [3.63, 3.8) is 0 Å². The lowest BCUT2D eigenvalue weighted by Gasteiger charge is -2.12. The first-order valence-corrected chi connectivity index (χ1v) is 4.48. The first-order chi connectivity index (χ1) is 6.25. The predicted molar refractivity (Wildman–Crippen MR) is 53.5 cm³/mol. The molecule has 0 heterocycles. The fourth-order valence-electron chi connectivity index (χ4n) is 1.13. The monoisotopic (exact) mass is 194 g/mol. The van der Waals surface area contributed by atoms with Gasteiger partial charge in [-0.05, 0) is 18.6 Å². The zero-order valence-electron chi connectivity index (χ0n) is 7.42. The minimum atomic E-state index is 0.119. The van der Waals surface area contributed by atoms with Crippen molar-refractivity contribution in [3.05, 3.63) is 34.9 Å². The Balaban J connectivity index is 2.72. The number of benzene rings is 1. The van der Waals surface area contributed by atoms with Crippen molar-refractivity contribution in [1.82, 2.24) is 5.32 Å². The Morgan fingerprint density at radius 3 is 2.85 bits per heavy atom. The third-order valence-corrected chi connectivity index (χ3v) is 2.20. The predicted octanol–water partition coefficient (Wildman–Crippen LogP) is 2.51. The number of hydrogen-bond donors (Lipinski definition) is 1. The number of halogens is 1. The van der Waals surface area contributed by atoms with E-state index in [4.69, 9.17) is 16.9 Å². The van der Waals surface area contributed by atoms with E-state index >= 15 is 0 Å². The highest BCUT2D eigenvalue weighted by Gasteiger charge is 2.06. The summed E-state index contributed by atoms with van der Waals surface area (Å²) in [6, 6.07) is 9.78. The second-order valence-corrected chi connectivity index (χ2v) is 3.19. The van der Waals surface area contributed by atoms with Gasteiger partial charge in [-0.25, -0.2) is 0 Å². The van der Waals surface area contributed by atoms with Gasteiger partial charge in [-0.2, -0.15) is 5.26 Å². The minimum absolute atomic E-state index is 0.119.